The lowest BCUT2D eigenvalue weighted by Crippen LogP contribution is -2.39. The molecule has 8 heavy (non-hydrogen) atoms. The SMILES string of the molecule is CC(O)C(N)CN.N. The summed E-state index contributed by atoms with van der Waals surface area (Å²) < 4.78 is 0. The average Bonchev–Trinajstić information content (AvgIpc) is 1.65. The molecule has 2 unspecified atom stereocenters. The molecule has 0 saturated heterocycles. The van der Waals surface area contributed by atoms with Crippen LogP contribution in [-0.4, -0.2) is 23.8 Å². The van der Waals surface area contributed by atoms with Gasteiger partial charge in [0.2, 0.25) is 0 Å². The Bertz CT molecular complexity index is 48.5. The summed E-state index contributed by atoms with van der Waals surface area (Å²) in [4.78, 5) is 0. The molecule has 0 aromatic carbocycles. The number of aliphatic hydroxyl groups is 1. The molecule has 0 amide bonds. The number of nitrogens with two attached hydrogens (primary N) is 2. The molecule has 0 aliphatic rings. The van der Waals surface area contributed by atoms with Gasteiger partial charge >= 0.3 is 0 Å². The van der Waals surface area contributed by atoms with Crippen molar-refractivity contribution in [1.82, 2.24) is 6.15 Å². The molecule has 8 N–H and O–H groups in total. The molecule has 0 aromatic heterocycles. The third-order valence-electron chi connectivity index (χ3n) is 0.892. The molecule has 0 fully saturated rings. The van der Waals surface area contributed by atoms with E-state index in [1.165, 1.54) is 0 Å². The summed E-state index contributed by atoms with van der Waals surface area (Å²) in [7, 11) is 0. The van der Waals surface area contributed by atoms with E-state index in [9.17, 15) is 0 Å². The Morgan fingerprint density at radius 3 is 2.00 bits per heavy atom. The molecule has 0 aliphatic carbocycles. The Morgan fingerprint density at radius 2 is 2.00 bits per heavy atom. The minimum Gasteiger partial charge on any atom is -0.392 e. The van der Waals surface area contributed by atoms with Crippen LogP contribution in [0.5, 0.6) is 0 Å². The summed E-state index contributed by atoms with van der Waals surface area (Å²) in [6, 6.07) is -0.264. The van der Waals surface area contributed by atoms with E-state index in [2.05, 4.69) is 0 Å². The summed E-state index contributed by atoms with van der Waals surface area (Å²) in [5, 5.41) is 8.62. The van der Waals surface area contributed by atoms with Gasteiger partial charge in [0, 0.05) is 12.6 Å². The van der Waals surface area contributed by atoms with Crippen LogP contribution < -0.4 is 17.6 Å². The first-order valence-electron chi connectivity index (χ1n) is 2.32. The normalized spacial score (nSPS) is 16.5. The van der Waals surface area contributed by atoms with Crippen LogP contribution in [0.3, 0.4) is 0 Å². The zero-order valence-corrected chi connectivity index (χ0v) is 5.17. The average molecular weight is 121 g/mol. The van der Waals surface area contributed by atoms with Crippen LogP contribution >= 0.6 is 0 Å². The Labute approximate surface area is 49.4 Å². The van der Waals surface area contributed by atoms with Gasteiger partial charge in [0.15, 0.2) is 0 Å². The van der Waals surface area contributed by atoms with Crippen LogP contribution in [0.4, 0.5) is 0 Å². The second-order valence-electron chi connectivity index (χ2n) is 1.64. The molecule has 0 heterocycles. The van der Waals surface area contributed by atoms with Crippen molar-refractivity contribution in [3.63, 3.8) is 0 Å². The lowest BCUT2D eigenvalue weighted by Gasteiger charge is -2.09. The third kappa shape index (κ3) is 4.01. The molecule has 0 spiro atoms. The maximum atomic E-state index is 8.62. The van der Waals surface area contributed by atoms with E-state index in [1.807, 2.05) is 0 Å². The molecule has 0 aliphatic heterocycles. The third-order valence-corrected chi connectivity index (χ3v) is 0.892. The van der Waals surface area contributed by atoms with Gasteiger partial charge in [-0.3, -0.25) is 0 Å². The Balaban J connectivity index is 0. The summed E-state index contributed by atoms with van der Waals surface area (Å²) in [6.45, 7) is 1.97. The van der Waals surface area contributed by atoms with Gasteiger partial charge in [-0.15, -0.1) is 0 Å². The molecule has 4 heteroatoms. The monoisotopic (exact) mass is 121 g/mol. The molecular weight excluding hydrogens is 106 g/mol. The first-order valence-corrected chi connectivity index (χ1v) is 2.32. The van der Waals surface area contributed by atoms with Gasteiger partial charge in [-0.2, -0.15) is 0 Å². The molecule has 4 nitrogen and oxygen atoms in total. The lowest BCUT2D eigenvalue weighted by molar-refractivity contribution is 0.166. The van der Waals surface area contributed by atoms with Crippen molar-refractivity contribution in [3.8, 4) is 0 Å². The largest absolute Gasteiger partial charge is 0.392 e. The smallest absolute Gasteiger partial charge is 0.0675 e. The van der Waals surface area contributed by atoms with E-state index >= 15 is 0 Å². The van der Waals surface area contributed by atoms with Gasteiger partial charge in [0.25, 0.3) is 0 Å². The maximum absolute atomic E-state index is 8.62. The molecule has 0 saturated carbocycles. The molecule has 0 radical (unpaired) electrons. The molecule has 52 valence electrons. The maximum Gasteiger partial charge on any atom is 0.0675 e. The van der Waals surface area contributed by atoms with Crippen molar-refractivity contribution in [2.75, 3.05) is 6.54 Å². The number of hydrogen-bond donors (Lipinski definition) is 4. The van der Waals surface area contributed by atoms with Gasteiger partial charge in [-0.1, -0.05) is 0 Å². The number of hydrogen-bond acceptors (Lipinski definition) is 4. The first-order chi connectivity index (χ1) is 3.18. The highest BCUT2D eigenvalue weighted by molar-refractivity contribution is 4.66. The quantitative estimate of drug-likeness (QED) is 0.368. The van der Waals surface area contributed by atoms with Gasteiger partial charge in [0.05, 0.1) is 6.10 Å². The summed E-state index contributed by atoms with van der Waals surface area (Å²) >= 11 is 0. The minimum atomic E-state index is -0.481. The highest BCUT2D eigenvalue weighted by atomic mass is 16.3. The van der Waals surface area contributed by atoms with Crippen LogP contribution in [-0.2, 0) is 0 Å². The number of rotatable bonds is 2. The Morgan fingerprint density at radius 1 is 1.62 bits per heavy atom. The molecule has 0 rings (SSSR count). The minimum absolute atomic E-state index is 0. The highest BCUT2D eigenvalue weighted by Crippen LogP contribution is 1.81. The standard InChI is InChI=1S/C4H12N2O.H3N/c1-3(7)4(6)2-5;/h3-4,7H,2,5-6H2,1H3;1H3. The van der Waals surface area contributed by atoms with Crippen molar-refractivity contribution in [3.05, 3.63) is 0 Å². The van der Waals surface area contributed by atoms with Crippen molar-refractivity contribution >= 4 is 0 Å². The van der Waals surface area contributed by atoms with E-state index < -0.39 is 6.10 Å². The van der Waals surface area contributed by atoms with Gasteiger partial charge in [0.1, 0.15) is 0 Å². The van der Waals surface area contributed by atoms with Crippen LogP contribution in [0.25, 0.3) is 0 Å². The summed E-state index contributed by atoms with van der Waals surface area (Å²) in [5.41, 5.74) is 10.3. The second kappa shape index (κ2) is 4.99. The van der Waals surface area contributed by atoms with Crippen LogP contribution in [0.15, 0.2) is 0 Å². The zero-order chi connectivity index (χ0) is 5.86. The molecule has 2 atom stereocenters. The lowest BCUT2D eigenvalue weighted by atomic mass is 10.2. The van der Waals surface area contributed by atoms with Crippen molar-refractivity contribution in [1.29, 1.82) is 0 Å². The van der Waals surface area contributed by atoms with Crippen molar-refractivity contribution in [2.24, 2.45) is 11.5 Å². The van der Waals surface area contributed by atoms with E-state index in [1.54, 1.807) is 6.92 Å². The van der Waals surface area contributed by atoms with Crippen LogP contribution in [0.1, 0.15) is 6.92 Å². The van der Waals surface area contributed by atoms with Crippen molar-refractivity contribution in [2.45, 2.75) is 19.1 Å². The number of aliphatic hydroxyl groups excluding tert-OH is 1. The van der Waals surface area contributed by atoms with E-state index in [-0.39, 0.29) is 12.2 Å². The highest BCUT2D eigenvalue weighted by Gasteiger charge is 2.03. The fraction of sp³-hybridized carbons (Fsp3) is 1.00. The topological polar surface area (TPSA) is 107 Å². The molecule has 0 aromatic rings. The predicted octanol–water partition coefficient (Wildman–Crippen LogP) is -1.18. The predicted molar refractivity (Wildman–Crippen MR) is 33.7 cm³/mol. The first kappa shape index (κ1) is 10.8. The van der Waals surface area contributed by atoms with Gasteiger partial charge < -0.3 is 22.7 Å². The fourth-order valence-electron chi connectivity index (χ4n) is 0.197. The fourth-order valence-corrected chi connectivity index (χ4v) is 0.197. The second-order valence-corrected chi connectivity index (χ2v) is 1.64. The van der Waals surface area contributed by atoms with E-state index in [4.69, 9.17) is 16.6 Å². The molecule has 0 bridgehead atoms. The molecular formula is C4H15N3O. The Kier molecular flexibility index (Phi) is 6.70. The van der Waals surface area contributed by atoms with Gasteiger partial charge in [-0.25, -0.2) is 0 Å². The van der Waals surface area contributed by atoms with Crippen LogP contribution in [0.2, 0.25) is 0 Å². The van der Waals surface area contributed by atoms with E-state index in [0.717, 1.165) is 0 Å². The Hall–Kier alpha value is -0.160. The van der Waals surface area contributed by atoms with Gasteiger partial charge in [-0.05, 0) is 6.92 Å². The van der Waals surface area contributed by atoms with Crippen molar-refractivity contribution < 1.29 is 5.11 Å². The summed E-state index contributed by atoms with van der Waals surface area (Å²) in [5.74, 6) is 0. The zero-order valence-electron chi connectivity index (χ0n) is 5.17. The van der Waals surface area contributed by atoms with E-state index in [0.29, 0.717) is 6.54 Å². The summed E-state index contributed by atoms with van der Waals surface area (Å²) in [6.07, 6.45) is -0.481. The van der Waals surface area contributed by atoms with Crippen LogP contribution in [0, 0.1) is 0 Å².